The van der Waals surface area contributed by atoms with Gasteiger partial charge in [0.25, 0.3) is 5.91 Å². The summed E-state index contributed by atoms with van der Waals surface area (Å²) in [6, 6.07) is 17.8. The molecule has 0 saturated heterocycles. The van der Waals surface area contributed by atoms with E-state index in [-0.39, 0.29) is 0 Å². The van der Waals surface area contributed by atoms with E-state index in [2.05, 4.69) is 22.0 Å². The van der Waals surface area contributed by atoms with Gasteiger partial charge in [-0.3, -0.25) is 4.79 Å². The van der Waals surface area contributed by atoms with Crippen molar-refractivity contribution in [3.05, 3.63) is 88.2 Å². The number of carbonyl (C=O) groups excluding carboxylic acids is 1. The third-order valence-electron chi connectivity index (χ3n) is 5.11. The monoisotopic (exact) mass is 362 g/mol. The highest BCUT2D eigenvalue weighted by Crippen LogP contribution is 2.25. The summed E-state index contributed by atoms with van der Waals surface area (Å²) >= 11 is 0. The van der Waals surface area contributed by atoms with Gasteiger partial charge >= 0.3 is 0 Å². The lowest BCUT2D eigenvalue weighted by molar-refractivity contribution is -0.124. The molecular formula is C23H26N2O2. The molecule has 1 unspecified atom stereocenters. The molecule has 4 nitrogen and oxygen atoms in total. The minimum absolute atomic E-state index is 0.418. The van der Waals surface area contributed by atoms with Crippen molar-refractivity contribution in [2.75, 3.05) is 5.32 Å². The number of carbonyl (C=O) groups is 1. The number of nitrogens with one attached hydrogen (secondary N) is 1. The van der Waals surface area contributed by atoms with Crippen LogP contribution in [0.2, 0.25) is 0 Å². The number of aliphatic hydroxyl groups is 1. The van der Waals surface area contributed by atoms with Crippen molar-refractivity contribution in [1.82, 2.24) is 4.57 Å². The van der Waals surface area contributed by atoms with E-state index >= 15 is 0 Å². The number of hydrogen-bond acceptors (Lipinski definition) is 2. The molecule has 1 atom stereocenters. The highest BCUT2D eigenvalue weighted by molar-refractivity contribution is 5.95. The number of anilines is 1. The molecule has 2 N–H and O–H groups in total. The fourth-order valence-corrected chi connectivity index (χ4v) is 3.28. The van der Waals surface area contributed by atoms with Crippen LogP contribution in [0.1, 0.15) is 39.7 Å². The van der Waals surface area contributed by atoms with Crippen molar-refractivity contribution in [2.45, 2.75) is 40.3 Å². The summed E-state index contributed by atoms with van der Waals surface area (Å²) < 4.78 is 2.12. The predicted octanol–water partition coefficient (Wildman–Crippen LogP) is 4.44. The molecule has 4 heteroatoms. The normalized spacial score (nSPS) is 12.0. The number of benzene rings is 2. The smallest absolute Gasteiger partial charge is 0.257 e. The van der Waals surface area contributed by atoms with Crippen LogP contribution in [-0.2, 0) is 11.3 Å². The van der Waals surface area contributed by atoms with Gasteiger partial charge in [-0.15, -0.1) is 0 Å². The molecule has 0 fully saturated rings. The number of nitrogens with zero attached hydrogens (tertiary/aromatic N) is 1. The Labute approximate surface area is 160 Å². The fourth-order valence-electron chi connectivity index (χ4n) is 3.28. The van der Waals surface area contributed by atoms with Gasteiger partial charge in [0.15, 0.2) is 6.10 Å². The first-order valence-electron chi connectivity index (χ1n) is 9.13. The van der Waals surface area contributed by atoms with Crippen LogP contribution in [0, 0.1) is 27.7 Å². The molecule has 140 valence electrons. The molecule has 1 heterocycles. The molecule has 0 radical (unpaired) electrons. The Morgan fingerprint density at radius 3 is 2.37 bits per heavy atom. The van der Waals surface area contributed by atoms with Gasteiger partial charge in [0, 0.05) is 29.2 Å². The molecule has 0 aliphatic rings. The van der Waals surface area contributed by atoms with Crippen LogP contribution < -0.4 is 5.32 Å². The van der Waals surface area contributed by atoms with Crippen LogP contribution in [0.4, 0.5) is 5.69 Å². The van der Waals surface area contributed by atoms with E-state index in [4.69, 9.17) is 0 Å². The Kier molecular flexibility index (Phi) is 5.47. The van der Waals surface area contributed by atoms with Gasteiger partial charge < -0.3 is 15.0 Å². The summed E-state index contributed by atoms with van der Waals surface area (Å²) in [5, 5.41) is 13.4. The van der Waals surface area contributed by atoms with Crippen molar-refractivity contribution in [1.29, 1.82) is 0 Å². The van der Waals surface area contributed by atoms with Crippen molar-refractivity contribution in [2.24, 2.45) is 0 Å². The molecule has 0 aliphatic heterocycles. The maximum absolute atomic E-state index is 12.6. The maximum atomic E-state index is 12.6. The van der Waals surface area contributed by atoms with E-state index in [0.717, 1.165) is 22.5 Å². The Morgan fingerprint density at radius 1 is 1.00 bits per heavy atom. The zero-order chi connectivity index (χ0) is 19.6. The van der Waals surface area contributed by atoms with Crippen molar-refractivity contribution >= 4 is 11.6 Å². The van der Waals surface area contributed by atoms with Crippen LogP contribution in [0.5, 0.6) is 0 Å². The molecule has 27 heavy (non-hydrogen) atoms. The van der Waals surface area contributed by atoms with Crippen LogP contribution in [0.15, 0.2) is 54.6 Å². The molecule has 0 aliphatic carbocycles. The molecular weight excluding hydrogens is 336 g/mol. The quantitative estimate of drug-likeness (QED) is 0.705. The topological polar surface area (TPSA) is 54.3 Å². The maximum Gasteiger partial charge on any atom is 0.257 e. The summed E-state index contributed by atoms with van der Waals surface area (Å²) in [4.78, 5) is 12.6. The van der Waals surface area contributed by atoms with Gasteiger partial charge in [-0.1, -0.05) is 36.4 Å². The first kappa shape index (κ1) is 18.9. The summed E-state index contributed by atoms with van der Waals surface area (Å²) in [6.07, 6.45) is -1.21. The second-order valence-electron chi connectivity index (χ2n) is 7.09. The second-order valence-corrected chi connectivity index (χ2v) is 7.09. The lowest BCUT2D eigenvalue weighted by Crippen LogP contribution is -2.21. The zero-order valence-electron chi connectivity index (χ0n) is 16.3. The summed E-state index contributed by atoms with van der Waals surface area (Å²) in [5.41, 5.74) is 6.70. The minimum atomic E-state index is -1.21. The molecule has 3 aromatic rings. The SMILES string of the molecule is Cc1ccc(NC(=O)C(O)c2cc(C)n(Cc3ccccc3)c2C)cc1C. The van der Waals surface area contributed by atoms with E-state index < -0.39 is 12.0 Å². The van der Waals surface area contributed by atoms with Gasteiger partial charge in [0.2, 0.25) is 0 Å². The average Bonchev–Trinajstić information content (AvgIpc) is 2.93. The summed E-state index contributed by atoms with van der Waals surface area (Å²) in [7, 11) is 0. The number of hydrogen-bond donors (Lipinski definition) is 2. The number of rotatable bonds is 5. The van der Waals surface area contributed by atoms with Gasteiger partial charge in [0.05, 0.1) is 0 Å². The van der Waals surface area contributed by atoms with E-state index in [9.17, 15) is 9.90 Å². The second kappa shape index (κ2) is 7.80. The third kappa shape index (κ3) is 4.12. The molecule has 2 aromatic carbocycles. The van der Waals surface area contributed by atoms with Crippen molar-refractivity contribution in [3.8, 4) is 0 Å². The van der Waals surface area contributed by atoms with E-state index in [1.165, 1.54) is 5.56 Å². The molecule has 1 aromatic heterocycles. The van der Waals surface area contributed by atoms with E-state index in [0.29, 0.717) is 17.8 Å². The molecule has 0 spiro atoms. The third-order valence-corrected chi connectivity index (χ3v) is 5.11. The zero-order valence-corrected chi connectivity index (χ0v) is 16.3. The number of aryl methyl sites for hydroxylation is 3. The Balaban J connectivity index is 1.80. The van der Waals surface area contributed by atoms with Crippen LogP contribution in [-0.4, -0.2) is 15.6 Å². The average molecular weight is 362 g/mol. The van der Waals surface area contributed by atoms with Gasteiger partial charge in [-0.05, 0) is 62.6 Å². The number of aromatic nitrogens is 1. The lowest BCUT2D eigenvalue weighted by atomic mass is 10.1. The first-order chi connectivity index (χ1) is 12.9. The fraction of sp³-hybridized carbons (Fsp3) is 0.261. The standard InChI is InChI=1S/C23H26N2O2/c1-15-10-11-20(12-16(15)2)24-23(27)22(26)21-13-17(3)25(18(21)4)14-19-8-6-5-7-9-19/h5-13,22,26H,14H2,1-4H3,(H,24,27). The van der Waals surface area contributed by atoms with Crippen molar-refractivity contribution in [3.63, 3.8) is 0 Å². The predicted molar refractivity (Wildman–Crippen MR) is 109 cm³/mol. The minimum Gasteiger partial charge on any atom is -0.378 e. The first-order valence-corrected chi connectivity index (χ1v) is 9.13. The summed E-state index contributed by atoms with van der Waals surface area (Å²) in [6.45, 7) is 8.67. The summed E-state index contributed by atoms with van der Waals surface area (Å²) in [5.74, 6) is -0.418. The van der Waals surface area contributed by atoms with Gasteiger partial charge in [0.1, 0.15) is 0 Å². The van der Waals surface area contributed by atoms with E-state index in [1.807, 2.05) is 70.2 Å². The van der Waals surface area contributed by atoms with Crippen molar-refractivity contribution < 1.29 is 9.90 Å². The lowest BCUT2D eigenvalue weighted by Gasteiger charge is -2.14. The molecule has 3 rings (SSSR count). The number of amides is 1. The van der Waals surface area contributed by atoms with Crippen LogP contribution in [0.25, 0.3) is 0 Å². The molecule has 1 amide bonds. The van der Waals surface area contributed by atoms with Gasteiger partial charge in [-0.2, -0.15) is 0 Å². The molecule has 0 saturated carbocycles. The highest BCUT2D eigenvalue weighted by Gasteiger charge is 2.23. The van der Waals surface area contributed by atoms with E-state index in [1.54, 1.807) is 0 Å². The Hall–Kier alpha value is -2.85. The Morgan fingerprint density at radius 2 is 1.70 bits per heavy atom. The van der Waals surface area contributed by atoms with Crippen LogP contribution in [0.3, 0.4) is 0 Å². The van der Waals surface area contributed by atoms with Gasteiger partial charge in [-0.25, -0.2) is 0 Å². The van der Waals surface area contributed by atoms with Crippen LogP contribution >= 0.6 is 0 Å². The number of aliphatic hydroxyl groups excluding tert-OH is 1. The highest BCUT2D eigenvalue weighted by atomic mass is 16.3. The molecule has 0 bridgehead atoms. The largest absolute Gasteiger partial charge is 0.378 e. The Bertz CT molecular complexity index is 958.